The highest BCUT2D eigenvalue weighted by molar-refractivity contribution is 6.24. The predicted molar refractivity (Wildman–Crippen MR) is 116 cm³/mol. The Labute approximate surface area is 189 Å². The minimum absolute atomic E-state index is 0.0177. The van der Waals surface area contributed by atoms with Crippen molar-refractivity contribution in [3.63, 3.8) is 0 Å². The number of amides is 1. The Kier molecular flexibility index (Phi) is 4.70. The molecule has 1 amide bonds. The second kappa shape index (κ2) is 7.16. The van der Waals surface area contributed by atoms with Crippen LogP contribution in [0.4, 0.5) is 0 Å². The van der Waals surface area contributed by atoms with Crippen molar-refractivity contribution in [2.45, 2.75) is 56.1 Å². The van der Waals surface area contributed by atoms with Crippen LogP contribution in [0.1, 0.15) is 54.7 Å². The summed E-state index contributed by atoms with van der Waals surface area (Å²) in [5, 5.41) is 43.7. The van der Waals surface area contributed by atoms with Gasteiger partial charge in [0.25, 0.3) is 5.91 Å². The maximum Gasteiger partial charge on any atom is 0.255 e. The van der Waals surface area contributed by atoms with Crippen molar-refractivity contribution in [2.24, 2.45) is 23.3 Å². The van der Waals surface area contributed by atoms with Crippen molar-refractivity contribution in [2.75, 3.05) is 0 Å². The molecule has 0 heterocycles. The summed E-state index contributed by atoms with van der Waals surface area (Å²) < 4.78 is 0. The quantitative estimate of drug-likeness (QED) is 0.358. The van der Waals surface area contributed by atoms with Gasteiger partial charge in [-0.3, -0.25) is 14.4 Å². The summed E-state index contributed by atoms with van der Waals surface area (Å²) in [6, 6.07) is 1.92. The van der Waals surface area contributed by atoms with Crippen molar-refractivity contribution < 1.29 is 34.8 Å². The predicted octanol–water partition coefficient (Wildman–Crippen LogP) is 1.02. The van der Waals surface area contributed by atoms with Crippen LogP contribution < -0.4 is 11.5 Å². The number of aliphatic hydroxyl groups is 3. The van der Waals surface area contributed by atoms with Crippen LogP contribution in [0.5, 0.6) is 5.75 Å². The SMILES string of the molecule is NC(=O)C1=C(O)[C@@]2(O)C(=O)C3=C(O)c4c(O)ccc(C5CCCC5)c4C[C@H]3C[C@H]2[C@@H](N)C1=O. The second-order valence-electron chi connectivity index (χ2n) is 9.59. The van der Waals surface area contributed by atoms with Gasteiger partial charge in [0.2, 0.25) is 5.78 Å². The summed E-state index contributed by atoms with van der Waals surface area (Å²) in [6.45, 7) is 0. The Morgan fingerprint density at radius 1 is 1.06 bits per heavy atom. The lowest BCUT2D eigenvalue weighted by molar-refractivity contribution is -0.149. The third kappa shape index (κ3) is 2.75. The van der Waals surface area contributed by atoms with Gasteiger partial charge in [-0.15, -0.1) is 0 Å². The molecule has 1 aromatic rings. The van der Waals surface area contributed by atoms with Crippen LogP contribution in [0, 0.1) is 11.8 Å². The first-order valence-corrected chi connectivity index (χ1v) is 11.2. The Bertz CT molecular complexity index is 1180. The molecule has 0 spiro atoms. The first-order chi connectivity index (χ1) is 15.6. The van der Waals surface area contributed by atoms with Gasteiger partial charge in [-0.05, 0) is 54.7 Å². The molecule has 0 bridgehead atoms. The Balaban J connectivity index is 1.70. The fourth-order valence-electron chi connectivity index (χ4n) is 6.36. The smallest absolute Gasteiger partial charge is 0.255 e. The number of rotatable bonds is 2. The molecule has 9 nitrogen and oxygen atoms in total. The molecule has 8 N–H and O–H groups in total. The Hall–Kier alpha value is -3.17. The van der Waals surface area contributed by atoms with E-state index in [-0.39, 0.29) is 29.2 Å². The van der Waals surface area contributed by atoms with Crippen LogP contribution in [0.2, 0.25) is 0 Å². The van der Waals surface area contributed by atoms with E-state index in [1.165, 1.54) is 6.07 Å². The van der Waals surface area contributed by atoms with E-state index in [0.717, 1.165) is 36.8 Å². The van der Waals surface area contributed by atoms with Crippen LogP contribution in [0.15, 0.2) is 29.0 Å². The monoisotopic (exact) mass is 454 g/mol. The molecule has 4 aliphatic rings. The Morgan fingerprint density at radius 2 is 1.73 bits per heavy atom. The second-order valence-corrected chi connectivity index (χ2v) is 9.59. The number of aliphatic hydroxyl groups excluding tert-OH is 2. The number of aromatic hydroxyl groups is 1. The zero-order valence-corrected chi connectivity index (χ0v) is 17.9. The topological polar surface area (TPSA) is 184 Å². The van der Waals surface area contributed by atoms with Gasteiger partial charge in [0.15, 0.2) is 11.4 Å². The van der Waals surface area contributed by atoms with E-state index in [4.69, 9.17) is 11.5 Å². The minimum atomic E-state index is -2.67. The molecule has 0 aromatic heterocycles. The van der Waals surface area contributed by atoms with Gasteiger partial charge in [-0.25, -0.2) is 0 Å². The van der Waals surface area contributed by atoms with Crippen LogP contribution >= 0.6 is 0 Å². The highest BCUT2D eigenvalue weighted by Gasteiger charge is 2.63. The molecule has 4 aliphatic carbocycles. The number of ketones is 2. The number of nitrogens with two attached hydrogens (primary N) is 2. The maximum atomic E-state index is 13.6. The number of hydrogen-bond donors (Lipinski definition) is 6. The standard InChI is InChI=1S/C24H26N2O7/c25-18-13-8-10-7-12-11(9-3-1-2-4-9)5-6-14(27)16(12)19(28)15(10)21(30)24(13,33)22(31)17(20(18)29)23(26)32/h5-6,9-10,13,18,27-28,31,33H,1-4,7-8,25H2,(H2,26,32)/t10-,13-,18+,24-/m0/s1. The first-order valence-electron chi connectivity index (χ1n) is 11.2. The first kappa shape index (κ1) is 21.7. The highest BCUT2D eigenvalue weighted by Crippen LogP contribution is 2.53. The number of Topliss-reactive ketones (excluding diaryl/α,β-unsaturated/α-hetero) is 2. The van der Waals surface area contributed by atoms with E-state index in [1.807, 2.05) is 6.07 Å². The minimum Gasteiger partial charge on any atom is -0.508 e. The molecule has 4 atom stereocenters. The Morgan fingerprint density at radius 3 is 2.36 bits per heavy atom. The van der Waals surface area contributed by atoms with Crippen LogP contribution in [-0.4, -0.2) is 49.5 Å². The van der Waals surface area contributed by atoms with Crippen LogP contribution in [-0.2, 0) is 20.8 Å². The fraction of sp³-hybridized carbons (Fsp3) is 0.458. The highest BCUT2D eigenvalue weighted by atomic mass is 16.3. The van der Waals surface area contributed by atoms with Gasteiger partial charge in [-0.2, -0.15) is 0 Å². The molecular weight excluding hydrogens is 428 g/mol. The van der Waals surface area contributed by atoms with E-state index >= 15 is 0 Å². The molecular formula is C24H26N2O7. The van der Waals surface area contributed by atoms with Gasteiger partial charge in [0.1, 0.15) is 22.8 Å². The van der Waals surface area contributed by atoms with Crippen molar-refractivity contribution in [1.29, 1.82) is 0 Å². The van der Waals surface area contributed by atoms with E-state index in [1.54, 1.807) is 0 Å². The van der Waals surface area contributed by atoms with Gasteiger partial charge in [-0.1, -0.05) is 18.9 Å². The average Bonchev–Trinajstić information content (AvgIpc) is 3.29. The summed E-state index contributed by atoms with van der Waals surface area (Å²) in [5.74, 6) is -6.56. The van der Waals surface area contributed by atoms with E-state index in [9.17, 15) is 34.8 Å². The lowest BCUT2D eigenvalue weighted by atomic mass is 9.57. The molecule has 174 valence electrons. The van der Waals surface area contributed by atoms with Gasteiger partial charge >= 0.3 is 0 Å². The van der Waals surface area contributed by atoms with E-state index < -0.39 is 58.0 Å². The molecule has 0 radical (unpaired) electrons. The summed E-state index contributed by atoms with van der Waals surface area (Å²) in [6.07, 6.45) is 4.50. The summed E-state index contributed by atoms with van der Waals surface area (Å²) in [7, 11) is 0. The number of fused-ring (bicyclic) bond motifs is 3. The number of phenols is 1. The zero-order valence-electron chi connectivity index (χ0n) is 17.9. The van der Waals surface area contributed by atoms with Crippen molar-refractivity contribution >= 4 is 23.2 Å². The number of phenolic OH excluding ortho intramolecular Hbond substituents is 1. The number of primary amides is 1. The lowest BCUT2D eigenvalue weighted by Crippen LogP contribution is -2.65. The third-order valence-corrected chi connectivity index (χ3v) is 7.97. The molecule has 1 aromatic carbocycles. The molecule has 33 heavy (non-hydrogen) atoms. The van der Waals surface area contributed by atoms with Gasteiger partial charge < -0.3 is 31.9 Å². The van der Waals surface area contributed by atoms with Gasteiger partial charge in [0, 0.05) is 11.5 Å². The van der Waals surface area contributed by atoms with Crippen molar-refractivity contribution in [3.05, 3.63) is 45.7 Å². The molecule has 2 saturated carbocycles. The van der Waals surface area contributed by atoms with E-state index in [0.29, 0.717) is 6.42 Å². The summed E-state index contributed by atoms with van der Waals surface area (Å²) >= 11 is 0. The third-order valence-electron chi connectivity index (χ3n) is 7.97. The lowest BCUT2D eigenvalue weighted by Gasteiger charge is -2.48. The average molecular weight is 454 g/mol. The number of hydrogen-bond acceptors (Lipinski definition) is 8. The number of carbonyl (C=O) groups excluding carboxylic acids is 3. The van der Waals surface area contributed by atoms with E-state index in [2.05, 4.69) is 0 Å². The molecule has 5 rings (SSSR count). The fourth-order valence-corrected chi connectivity index (χ4v) is 6.36. The number of carbonyl (C=O) groups is 3. The molecule has 0 aliphatic heterocycles. The molecule has 2 fully saturated rings. The maximum absolute atomic E-state index is 13.6. The van der Waals surface area contributed by atoms with Crippen molar-refractivity contribution in [3.8, 4) is 5.75 Å². The largest absolute Gasteiger partial charge is 0.508 e. The molecule has 9 heteroatoms. The molecule has 0 saturated heterocycles. The van der Waals surface area contributed by atoms with Crippen LogP contribution in [0.3, 0.4) is 0 Å². The van der Waals surface area contributed by atoms with Gasteiger partial charge in [0.05, 0.1) is 11.6 Å². The van der Waals surface area contributed by atoms with Crippen LogP contribution in [0.25, 0.3) is 5.76 Å². The summed E-state index contributed by atoms with van der Waals surface area (Å²) in [5.41, 5.74) is 9.43. The summed E-state index contributed by atoms with van der Waals surface area (Å²) in [4.78, 5) is 37.9. The number of benzene rings is 1. The van der Waals surface area contributed by atoms with Crippen molar-refractivity contribution in [1.82, 2.24) is 0 Å². The molecule has 0 unspecified atom stereocenters. The zero-order chi connectivity index (χ0) is 23.8. The normalized spacial score (nSPS) is 32.0.